The summed E-state index contributed by atoms with van der Waals surface area (Å²) in [4.78, 5) is 23.7. The Morgan fingerprint density at radius 1 is 1.38 bits per heavy atom. The molecular formula is C18H27NO4S. The number of nitrogens with one attached hydrogen (secondary N) is 1. The molecule has 0 bridgehead atoms. The van der Waals surface area contributed by atoms with Crippen molar-refractivity contribution in [2.75, 3.05) is 12.9 Å². The van der Waals surface area contributed by atoms with Crippen LogP contribution in [-0.4, -0.2) is 30.8 Å². The van der Waals surface area contributed by atoms with E-state index in [1.165, 1.54) is 31.7 Å². The molecule has 5 nitrogen and oxygen atoms in total. The fourth-order valence-electron chi connectivity index (χ4n) is 3.21. The van der Waals surface area contributed by atoms with Crippen molar-refractivity contribution in [1.82, 2.24) is 5.32 Å². The van der Waals surface area contributed by atoms with Crippen molar-refractivity contribution < 1.29 is 18.7 Å². The van der Waals surface area contributed by atoms with E-state index in [9.17, 15) is 9.59 Å². The molecule has 0 radical (unpaired) electrons. The van der Waals surface area contributed by atoms with Gasteiger partial charge in [0.15, 0.2) is 0 Å². The molecule has 3 atom stereocenters. The van der Waals surface area contributed by atoms with Gasteiger partial charge in [0.2, 0.25) is 5.91 Å². The number of esters is 1. The molecule has 2 rings (SSSR count). The molecule has 134 valence electrons. The fourth-order valence-corrected chi connectivity index (χ4v) is 3.92. The summed E-state index contributed by atoms with van der Waals surface area (Å²) in [6.07, 6.45) is 3.51. The molecule has 24 heavy (non-hydrogen) atoms. The van der Waals surface area contributed by atoms with Crippen LogP contribution >= 0.6 is 11.8 Å². The van der Waals surface area contributed by atoms with Crippen LogP contribution < -0.4 is 5.32 Å². The van der Waals surface area contributed by atoms with Gasteiger partial charge in [-0.3, -0.25) is 4.79 Å². The lowest BCUT2D eigenvalue weighted by molar-refractivity contribution is -0.120. The number of thioether (sulfide) groups is 1. The lowest BCUT2D eigenvalue weighted by atomic mass is 9.78. The minimum absolute atomic E-state index is 0.0717. The highest BCUT2D eigenvalue weighted by Crippen LogP contribution is 2.29. The average molecular weight is 353 g/mol. The molecule has 6 heteroatoms. The van der Waals surface area contributed by atoms with Crippen molar-refractivity contribution in [2.24, 2.45) is 11.8 Å². The van der Waals surface area contributed by atoms with Crippen LogP contribution in [-0.2, 0) is 15.3 Å². The van der Waals surface area contributed by atoms with Crippen LogP contribution in [0.5, 0.6) is 0 Å². The summed E-state index contributed by atoms with van der Waals surface area (Å²) in [5.41, 5.74) is 0.447. The molecule has 1 heterocycles. The topological polar surface area (TPSA) is 68.5 Å². The molecule has 0 unspecified atom stereocenters. The Hall–Kier alpha value is -1.43. The fraction of sp³-hybridized carbons (Fsp3) is 0.667. The molecular weight excluding hydrogens is 326 g/mol. The van der Waals surface area contributed by atoms with Gasteiger partial charge in [0.25, 0.3) is 0 Å². The molecule has 1 aromatic heterocycles. The van der Waals surface area contributed by atoms with Gasteiger partial charge < -0.3 is 14.5 Å². The van der Waals surface area contributed by atoms with Gasteiger partial charge in [-0.05, 0) is 31.2 Å². The zero-order chi connectivity index (χ0) is 17.7. The maximum absolute atomic E-state index is 12.1. The summed E-state index contributed by atoms with van der Waals surface area (Å²) in [5, 5.41) is 3.16. The van der Waals surface area contributed by atoms with Crippen LogP contribution in [0.1, 0.15) is 55.0 Å². The van der Waals surface area contributed by atoms with E-state index in [0.717, 1.165) is 6.42 Å². The molecule has 1 amide bonds. The molecule has 0 aliphatic heterocycles. The third kappa shape index (κ3) is 4.79. The first-order chi connectivity index (χ1) is 11.4. The van der Waals surface area contributed by atoms with Crippen LogP contribution in [0.3, 0.4) is 0 Å². The van der Waals surface area contributed by atoms with E-state index in [1.807, 2.05) is 0 Å². The Bertz CT molecular complexity index is 584. The van der Waals surface area contributed by atoms with Crippen LogP contribution in [0.4, 0.5) is 0 Å². The Morgan fingerprint density at radius 2 is 2.12 bits per heavy atom. The third-order valence-corrected chi connectivity index (χ3v) is 5.86. The summed E-state index contributed by atoms with van der Waals surface area (Å²) >= 11 is 1.49. The predicted octanol–water partition coefficient (Wildman–Crippen LogP) is 3.55. The van der Waals surface area contributed by atoms with Gasteiger partial charge in [-0.2, -0.15) is 0 Å². The van der Waals surface area contributed by atoms with E-state index in [1.54, 1.807) is 13.0 Å². The van der Waals surface area contributed by atoms with E-state index in [2.05, 4.69) is 19.2 Å². The quantitative estimate of drug-likeness (QED) is 0.792. The van der Waals surface area contributed by atoms with Gasteiger partial charge in [0, 0.05) is 6.04 Å². The minimum Gasteiger partial charge on any atom is -0.465 e. The first-order valence-electron chi connectivity index (χ1n) is 8.47. The molecule has 1 aromatic rings. The number of methoxy groups -OCH3 is 1. The van der Waals surface area contributed by atoms with Crippen LogP contribution in [0.25, 0.3) is 0 Å². The molecule has 0 aromatic carbocycles. The summed E-state index contributed by atoms with van der Waals surface area (Å²) < 4.78 is 10.3. The number of carbonyl (C=O) groups excluding carboxylic acids is 2. The molecule has 1 fully saturated rings. The maximum Gasteiger partial charge on any atom is 0.341 e. The number of amides is 1. The Kier molecular flexibility index (Phi) is 6.78. The second-order valence-corrected chi connectivity index (χ2v) is 7.59. The largest absolute Gasteiger partial charge is 0.465 e. The smallest absolute Gasteiger partial charge is 0.341 e. The number of hydrogen-bond donors (Lipinski definition) is 1. The highest BCUT2D eigenvalue weighted by Gasteiger charge is 2.28. The molecule has 0 spiro atoms. The van der Waals surface area contributed by atoms with Crippen molar-refractivity contribution >= 4 is 23.6 Å². The summed E-state index contributed by atoms with van der Waals surface area (Å²) in [7, 11) is 1.35. The number of hydrogen-bond acceptors (Lipinski definition) is 5. The van der Waals surface area contributed by atoms with Gasteiger partial charge >= 0.3 is 5.97 Å². The third-order valence-electron chi connectivity index (χ3n) is 4.90. The maximum atomic E-state index is 12.1. The van der Waals surface area contributed by atoms with Crippen molar-refractivity contribution in [3.8, 4) is 0 Å². The van der Waals surface area contributed by atoms with Crippen molar-refractivity contribution in [3.63, 3.8) is 0 Å². The molecule has 1 aliphatic carbocycles. The number of carbonyl (C=O) groups is 2. The van der Waals surface area contributed by atoms with Gasteiger partial charge in [-0.15, -0.1) is 11.8 Å². The molecule has 1 N–H and O–H groups in total. The zero-order valence-corrected chi connectivity index (χ0v) is 15.7. The Morgan fingerprint density at radius 3 is 2.83 bits per heavy atom. The van der Waals surface area contributed by atoms with Crippen LogP contribution in [0.15, 0.2) is 10.5 Å². The highest BCUT2D eigenvalue weighted by atomic mass is 32.2. The van der Waals surface area contributed by atoms with Crippen LogP contribution in [0.2, 0.25) is 0 Å². The van der Waals surface area contributed by atoms with E-state index in [4.69, 9.17) is 9.15 Å². The summed E-state index contributed by atoms with van der Waals surface area (Å²) in [6.45, 7) is 6.22. The number of aryl methyl sites for hydroxylation is 1. The Balaban J connectivity index is 1.77. The zero-order valence-electron chi connectivity index (χ0n) is 14.9. The van der Waals surface area contributed by atoms with E-state index in [-0.39, 0.29) is 5.91 Å². The lowest BCUT2D eigenvalue weighted by Gasteiger charge is -2.34. The van der Waals surface area contributed by atoms with Crippen molar-refractivity contribution in [3.05, 3.63) is 23.2 Å². The first-order valence-corrected chi connectivity index (χ1v) is 9.62. The second kappa shape index (κ2) is 8.60. The lowest BCUT2D eigenvalue weighted by Crippen LogP contribution is -2.44. The first kappa shape index (κ1) is 18.9. The highest BCUT2D eigenvalue weighted by molar-refractivity contribution is 7.99. The standard InChI is InChI=1S/C18H27NO4S/c1-11-6-5-7-16(12(11)2)19-17(20)10-24-9-14-8-15(13(3)23-14)18(21)22-4/h8,11-12,16H,5-7,9-10H2,1-4H3,(H,19,20)/t11-,12-,16-/m0/s1. The van der Waals surface area contributed by atoms with E-state index < -0.39 is 5.97 Å². The van der Waals surface area contributed by atoms with E-state index in [0.29, 0.717) is 46.5 Å². The molecule has 0 saturated heterocycles. The van der Waals surface area contributed by atoms with Crippen molar-refractivity contribution in [1.29, 1.82) is 0 Å². The summed E-state index contributed by atoms with van der Waals surface area (Å²) in [5.74, 6) is 3.06. The second-order valence-electron chi connectivity index (χ2n) is 6.61. The van der Waals surface area contributed by atoms with Gasteiger partial charge in [0.1, 0.15) is 17.1 Å². The SMILES string of the molecule is COC(=O)c1cc(CSCC(=O)N[C@H]2CCC[C@H](C)[C@@H]2C)oc1C. The summed E-state index contributed by atoms with van der Waals surface area (Å²) in [6, 6.07) is 1.98. The number of rotatable bonds is 6. The number of ether oxygens (including phenoxy) is 1. The van der Waals surface area contributed by atoms with E-state index >= 15 is 0 Å². The Labute approximate surface area is 147 Å². The monoisotopic (exact) mass is 353 g/mol. The average Bonchev–Trinajstić information content (AvgIpc) is 2.92. The van der Waals surface area contributed by atoms with Crippen molar-refractivity contribution in [2.45, 2.75) is 51.8 Å². The van der Waals surface area contributed by atoms with Crippen LogP contribution in [0, 0.1) is 18.8 Å². The van der Waals surface area contributed by atoms with Gasteiger partial charge in [-0.25, -0.2) is 4.79 Å². The molecule has 1 aliphatic rings. The predicted molar refractivity (Wildman–Crippen MR) is 95.1 cm³/mol. The van der Waals surface area contributed by atoms with Gasteiger partial charge in [-0.1, -0.05) is 26.7 Å². The van der Waals surface area contributed by atoms with Gasteiger partial charge in [0.05, 0.1) is 18.6 Å². The normalized spacial score (nSPS) is 23.8. The minimum atomic E-state index is -0.398. The number of furan rings is 1. The molecule has 1 saturated carbocycles.